The van der Waals surface area contributed by atoms with Crippen molar-refractivity contribution in [2.45, 2.75) is 19.6 Å². The number of halogens is 2. The van der Waals surface area contributed by atoms with Gasteiger partial charge < -0.3 is 0 Å². The van der Waals surface area contributed by atoms with E-state index >= 15 is 0 Å². The zero-order valence-corrected chi connectivity index (χ0v) is 24.1. The molecule has 0 amide bonds. The standard InChI is InChI=1S/C28H16Br2S4/c29-19-13-9-17(10-14-19)25(27-31-21-5-1-2-6-22(21)32-27)26(18-11-15-20(30)16-12-18)28-33-23-7-3-4-8-24(23)34-28/h1-16H. The summed E-state index contributed by atoms with van der Waals surface area (Å²) in [7, 11) is 0. The second kappa shape index (κ2) is 10.00. The van der Waals surface area contributed by atoms with Crippen LogP contribution in [0.2, 0.25) is 0 Å². The van der Waals surface area contributed by atoms with Gasteiger partial charge in [-0.1, -0.05) is 127 Å². The maximum atomic E-state index is 3.63. The van der Waals surface area contributed by atoms with E-state index in [4.69, 9.17) is 0 Å². The van der Waals surface area contributed by atoms with E-state index in [0.717, 1.165) is 8.95 Å². The van der Waals surface area contributed by atoms with Crippen LogP contribution < -0.4 is 0 Å². The topological polar surface area (TPSA) is 0 Å². The SMILES string of the molecule is Brc1ccc(C(=C2Sc3ccccc3S2)C(=C2Sc3ccccc3S2)c2ccc(Br)cc2)cc1. The molecule has 0 aromatic heterocycles. The maximum absolute atomic E-state index is 3.63. The minimum Gasteiger partial charge on any atom is -0.0809 e. The van der Waals surface area contributed by atoms with E-state index in [1.165, 1.54) is 50.3 Å². The van der Waals surface area contributed by atoms with Gasteiger partial charge in [0.2, 0.25) is 0 Å². The van der Waals surface area contributed by atoms with E-state index in [1.54, 1.807) is 0 Å². The van der Waals surface area contributed by atoms with Gasteiger partial charge in [0, 0.05) is 39.7 Å². The fraction of sp³-hybridized carbons (Fsp3) is 0. The smallest absolute Gasteiger partial charge is 0.0584 e. The molecule has 0 saturated carbocycles. The monoisotopic (exact) mass is 638 g/mol. The highest BCUT2D eigenvalue weighted by Gasteiger charge is 2.29. The molecule has 34 heavy (non-hydrogen) atoms. The average molecular weight is 641 g/mol. The maximum Gasteiger partial charge on any atom is 0.0584 e. The molecule has 0 nitrogen and oxygen atoms in total. The summed E-state index contributed by atoms with van der Waals surface area (Å²) in [5, 5.41) is 0. The molecule has 6 heteroatoms. The van der Waals surface area contributed by atoms with Gasteiger partial charge in [0.15, 0.2) is 0 Å². The Morgan fingerprint density at radius 2 is 0.706 bits per heavy atom. The quantitative estimate of drug-likeness (QED) is 0.218. The van der Waals surface area contributed by atoms with Gasteiger partial charge in [-0.05, 0) is 59.7 Å². The Kier molecular flexibility index (Phi) is 6.80. The number of allylic oxidation sites excluding steroid dienone is 2. The zero-order chi connectivity index (χ0) is 23.1. The molecule has 0 spiro atoms. The van der Waals surface area contributed by atoms with E-state index in [2.05, 4.69) is 129 Å². The molecule has 2 heterocycles. The fourth-order valence-corrected chi connectivity index (χ4v) is 9.63. The van der Waals surface area contributed by atoms with Gasteiger partial charge in [-0.3, -0.25) is 0 Å². The molecular weight excluding hydrogens is 624 g/mol. The van der Waals surface area contributed by atoms with Gasteiger partial charge in [-0.15, -0.1) is 0 Å². The third-order valence-corrected chi connectivity index (χ3v) is 11.6. The first-order valence-electron chi connectivity index (χ1n) is 10.6. The number of hydrogen-bond donors (Lipinski definition) is 0. The van der Waals surface area contributed by atoms with Gasteiger partial charge in [0.1, 0.15) is 0 Å². The minimum atomic E-state index is 1.09. The van der Waals surface area contributed by atoms with Gasteiger partial charge in [0.25, 0.3) is 0 Å². The summed E-state index contributed by atoms with van der Waals surface area (Å²) in [5.74, 6) is 0. The predicted octanol–water partition coefficient (Wildman–Crippen LogP) is 11.0. The van der Waals surface area contributed by atoms with Crippen molar-refractivity contribution < 1.29 is 0 Å². The second-order valence-corrected chi connectivity index (χ2v) is 14.2. The van der Waals surface area contributed by atoms with Gasteiger partial charge in [-0.2, -0.15) is 0 Å². The summed E-state index contributed by atoms with van der Waals surface area (Å²) >= 11 is 14.8. The number of hydrogen-bond acceptors (Lipinski definition) is 4. The van der Waals surface area contributed by atoms with Crippen LogP contribution in [0.1, 0.15) is 11.1 Å². The van der Waals surface area contributed by atoms with Crippen molar-refractivity contribution in [2.24, 2.45) is 0 Å². The van der Waals surface area contributed by atoms with Crippen LogP contribution >= 0.6 is 78.9 Å². The molecule has 0 aliphatic carbocycles. The Balaban J connectivity index is 1.60. The first kappa shape index (κ1) is 23.1. The Hall–Kier alpha value is -1.28. The zero-order valence-electron chi connectivity index (χ0n) is 17.6. The van der Waals surface area contributed by atoms with Gasteiger partial charge in [0.05, 0.1) is 8.47 Å². The lowest BCUT2D eigenvalue weighted by molar-refractivity contribution is 1.27. The number of fused-ring (bicyclic) bond motifs is 2. The highest BCUT2D eigenvalue weighted by Crippen LogP contribution is 2.60. The summed E-state index contributed by atoms with van der Waals surface area (Å²) < 4.78 is 4.83. The van der Waals surface area contributed by atoms with E-state index in [-0.39, 0.29) is 0 Å². The van der Waals surface area contributed by atoms with Crippen LogP contribution in [0, 0.1) is 0 Å². The van der Waals surface area contributed by atoms with E-state index in [9.17, 15) is 0 Å². The van der Waals surface area contributed by atoms with Crippen LogP contribution in [0.25, 0.3) is 11.1 Å². The van der Waals surface area contributed by atoms with Crippen LogP contribution in [0.15, 0.2) is 134 Å². The lowest BCUT2D eigenvalue weighted by atomic mass is 9.95. The molecule has 2 aliphatic rings. The van der Waals surface area contributed by atoms with Crippen LogP contribution in [0.3, 0.4) is 0 Å². The van der Waals surface area contributed by atoms with E-state index in [0.29, 0.717) is 0 Å². The van der Waals surface area contributed by atoms with Crippen molar-refractivity contribution in [1.82, 2.24) is 0 Å². The lowest BCUT2D eigenvalue weighted by Gasteiger charge is -2.18. The van der Waals surface area contributed by atoms with Crippen LogP contribution in [-0.2, 0) is 0 Å². The van der Waals surface area contributed by atoms with E-state index < -0.39 is 0 Å². The molecule has 2 aliphatic heterocycles. The van der Waals surface area contributed by atoms with Gasteiger partial charge >= 0.3 is 0 Å². The largest absolute Gasteiger partial charge is 0.0809 e. The molecule has 4 aromatic carbocycles. The highest BCUT2D eigenvalue weighted by molar-refractivity contribution is 9.10. The molecule has 6 rings (SSSR count). The normalized spacial score (nSPS) is 14.2. The van der Waals surface area contributed by atoms with Gasteiger partial charge in [-0.25, -0.2) is 0 Å². The molecule has 0 N–H and O–H groups in total. The molecule has 0 bridgehead atoms. The molecule has 0 saturated heterocycles. The lowest BCUT2D eigenvalue weighted by Crippen LogP contribution is -1.95. The Morgan fingerprint density at radius 1 is 0.412 bits per heavy atom. The average Bonchev–Trinajstić information content (AvgIpc) is 3.48. The number of rotatable bonds is 3. The van der Waals surface area contributed by atoms with Crippen molar-refractivity contribution in [3.8, 4) is 0 Å². The summed E-state index contributed by atoms with van der Waals surface area (Å²) in [6.07, 6.45) is 0. The third kappa shape index (κ3) is 4.61. The summed E-state index contributed by atoms with van der Waals surface area (Å²) in [6, 6.07) is 34.9. The summed E-state index contributed by atoms with van der Waals surface area (Å²) in [6.45, 7) is 0. The van der Waals surface area contributed by atoms with Crippen molar-refractivity contribution in [1.29, 1.82) is 0 Å². The first-order chi connectivity index (χ1) is 16.7. The summed E-state index contributed by atoms with van der Waals surface area (Å²) in [5.41, 5.74) is 5.05. The highest BCUT2D eigenvalue weighted by atomic mass is 79.9. The Bertz CT molecular complexity index is 1290. The predicted molar refractivity (Wildman–Crippen MR) is 158 cm³/mol. The van der Waals surface area contributed by atoms with Crippen LogP contribution in [-0.4, -0.2) is 0 Å². The fourth-order valence-electron chi connectivity index (χ4n) is 3.84. The van der Waals surface area contributed by atoms with Crippen molar-refractivity contribution in [3.05, 3.63) is 126 Å². The van der Waals surface area contributed by atoms with Crippen LogP contribution in [0.5, 0.6) is 0 Å². The number of thioether (sulfide) groups is 4. The summed E-state index contributed by atoms with van der Waals surface area (Å²) in [4.78, 5) is 5.30. The minimum absolute atomic E-state index is 1.09. The Labute approximate surface area is 233 Å². The molecule has 166 valence electrons. The molecule has 0 radical (unpaired) electrons. The van der Waals surface area contributed by atoms with Crippen molar-refractivity contribution in [3.63, 3.8) is 0 Å². The molecule has 0 unspecified atom stereocenters. The van der Waals surface area contributed by atoms with E-state index in [1.807, 2.05) is 47.0 Å². The number of benzene rings is 4. The van der Waals surface area contributed by atoms with Crippen LogP contribution in [0.4, 0.5) is 0 Å². The van der Waals surface area contributed by atoms with Crippen molar-refractivity contribution in [2.75, 3.05) is 0 Å². The van der Waals surface area contributed by atoms with Crippen molar-refractivity contribution >= 4 is 90.1 Å². The molecule has 0 atom stereocenters. The third-order valence-electron chi connectivity index (χ3n) is 5.43. The second-order valence-electron chi connectivity index (χ2n) is 7.64. The Morgan fingerprint density at radius 3 is 1.00 bits per heavy atom. The molecule has 4 aromatic rings. The molecular formula is C28H16Br2S4. The first-order valence-corrected chi connectivity index (χ1v) is 15.4. The molecule has 0 fully saturated rings.